The standard InChI is InChI=1S/C23H27N3O3/c27-23(25-10-3-13-26-14-11-24-12-15-26)22-9-8-21(29-22)17-28-20-7-6-18-4-1-2-5-19(18)16-20/h1-2,4-9,16,24H,3,10-15,17H2,(H,25,27). The number of nitrogens with zero attached hydrogens (tertiary/aromatic N) is 1. The lowest BCUT2D eigenvalue weighted by molar-refractivity contribution is 0.0919. The summed E-state index contributed by atoms with van der Waals surface area (Å²) in [6.45, 7) is 6.18. The SMILES string of the molecule is O=C(NCCCN1CCNCC1)c1ccc(COc2ccc3ccccc3c2)o1. The van der Waals surface area contributed by atoms with Crippen molar-refractivity contribution in [3.63, 3.8) is 0 Å². The molecular weight excluding hydrogens is 366 g/mol. The van der Waals surface area contributed by atoms with Crippen LogP contribution in [0.2, 0.25) is 0 Å². The highest BCUT2D eigenvalue weighted by Crippen LogP contribution is 2.21. The smallest absolute Gasteiger partial charge is 0.286 e. The van der Waals surface area contributed by atoms with E-state index < -0.39 is 0 Å². The van der Waals surface area contributed by atoms with E-state index in [1.807, 2.05) is 30.3 Å². The zero-order valence-corrected chi connectivity index (χ0v) is 16.5. The molecule has 0 spiro atoms. The summed E-state index contributed by atoms with van der Waals surface area (Å²) in [4.78, 5) is 14.7. The monoisotopic (exact) mass is 393 g/mol. The second-order valence-corrected chi connectivity index (χ2v) is 7.26. The van der Waals surface area contributed by atoms with Crippen LogP contribution in [0.25, 0.3) is 10.8 Å². The summed E-state index contributed by atoms with van der Waals surface area (Å²) in [5.74, 6) is 1.55. The molecule has 3 aromatic rings. The van der Waals surface area contributed by atoms with Crippen molar-refractivity contribution in [3.8, 4) is 5.75 Å². The normalized spacial score (nSPS) is 14.8. The maximum atomic E-state index is 12.3. The minimum absolute atomic E-state index is 0.178. The van der Waals surface area contributed by atoms with Crippen LogP contribution in [0.1, 0.15) is 22.7 Å². The Balaban J connectivity index is 1.22. The molecule has 4 rings (SSSR count). The van der Waals surface area contributed by atoms with Crippen LogP contribution in [0.3, 0.4) is 0 Å². The van der Waals surface area contributed by atoms with E-state index in [4.69, 9.17) is 9.15 Å². The molecule has 152 valence electrons. The Bertz CT molecular complexity index is 947. The van der Waals surface area contributed by atoms with E-state index in [9.17, 15) is 4.79 Å². The van der Waals surface area contributed by atoms with Crippen LogP contribution < -0.4 is 15.4 Å². The summed E-state index contributed by atoms with van der Waals surface area (Å²) < 4.78 is 11.5. The Hall–Kier alpha value is -2.83. The fourth-order valence-electron chi connectivity index (χ4n) is 3.52. The first-order chi connectivity index (χ1) is 14.3. The Kier molecular flexibility index (Phi) is 6.44. The zero-order valence-electron chi connectivity index (χ0n) is 16.5. The minimum Gasteiger partial charge on any atom is -0.486 e. The Morgan fingerprint density at radius 2 is 1.90 bits per heavy atom. The van der Waals surface area contributed by atoms with Crippen molar-refractivity contribution in [1.82, 2.24) is 15.5 Å². The minimum atomic E-state index is -0.178. The highest BCUT2D eigenvalue weighted by atomic mass is 16.5. The van der Waals surface area contributed by atoms with E-state index in [-0.39, 0.29) is 12.5 Å². The number of carbonyl (C=O) groups excluding carboxylic acids is 1. The molecule has 6 heteroatoms. The van der Waals surface area contributed by atoms with Crippen molar-refractivity contribution in [3.05, 3.63) is 66.1 Å². The summed E-state index contributed by atoms with van der Waals surface area (Å²) in [6, 6.07) is 17.6. The molecule has 0 atom stereocenters. The van der Waals surface area contributed by atoms with Gasteiger partial charge in [-0.2, -0.15) is 0 Å². The number of carbonyl (C=O) groups is 1. The van der Waals surface area contributed by atoms with E-state index in [0.717, 1.165) is 50.3 Å². The molecule has 0 saturated carbocycles. The Labute approximate surface area is 170 Å². The number of rotatable bonds is 8. The van der Waals surface area contributed by atoms with Crippen molar-refractivity contribution in [1.29, 1.82) is 0 Å². The van der Waals surface area contributed by atoms with Gasteiger partial charge in [0, 0.05) is 32.7 Å². The van der Waals surface area contributed by atoms with Gasteiger partial charge in [0.05, 0.1) is 0 Å². The molecule has 2 aromatic carbocycles. The van der Waals surface area contributed by atoms with Gasteiger partial charge in [0.15, 0.2) is 5.76 Å². The number of hydrogen-bond acceptors (Lipinski definition) is 5. The summed E-state index contributed by atoms with van der Waals surface area (Å²) >= 11 is 0. The van der Waals surface area contributed by atoms with Crippen LogP contribution in [0.4, 0.5) is 0 Å². The van der Waals surface area contributed by atoms with Gasteiger partial charge in [-0.1, -0.05) is 30.3 Å². The van der Waals surface area contributed by atoms with Gasteiger partial charge >= 0.3 is 0 Å². The molecule has 6 nitrogen and oxygen atoms in total. The summed E-state index contributed by atoms with van der Waals surface area (Å²) in [6.07, 6.45) is 0.935. The first-order valence-corrected chi connectivity index (χ1v) is 10.2. The third kappa shape index (κ3) is 5.37. The molecule has 1 amide bonds. The van der Waals surface area contributed by atoms with Crippen LogP contribution in [0.5, 0.6) is 5.75 Å². The van der Waals surface area contributed by atoms with Gasteiger partial charge in [0.2, 0.25) is 0 Å². The summed E-state index contributed by atoms with van der Waals surface area (Å²) in [5, 5.41) is 8.58. The lowest BCUT2D eigenvalue weighted by atomic mass is 10.1. The fraction of sp³-hybridized carbons (Fsp3) is 0.348. The quantitative estimate of drug-likeness (QED) is 0.576. The van der Waals surface area contributed by atoms with Crippen molar-refractivity contribution < 1.29 is 13.9 Å². The van der Waals surface area contributed by atoms with E-state index in [1.54, 1.807) is 12.1 Å². The van der Waals surface area contributed by atoms with Gasteiger partial charge in [0.1, 0.15) is 18.1 Å². The molecule has 0 radical (unpaired) electrons. The van der Waals surface area contributed by atoms with Gasteiger partial charge in [-0.05, 0) is 48.0 Å². The highest BCUT2D eigenvalue weighted by Gasteiger charge is 2.12. The number of furan rings is 1. The number of nitrogens with one attached hydrogen (secondary N) is 2. The maximum absolute atomic E-state index is 12.3. The molecule has 2 N–H and O–H groups in total. The van der Waals surface area contributed by atoms with E-state index >= 15 is 0 Å². The van der Waals surface area contributed by atoms with Crippen LogP contribution in [-0.2, 0) is 6.61 Å². The first kappa shape index (κ1) is 19.5. The van der Waals surface area contributed by atoms with E-state index in [0.29, 0.717) is 18.1 Å². The molecule has 1 fully saturated rings. The van der Waals surface area contributed by atoms with Crippen molar-refractivity contribution in [2.24, 2.45) is 0 Å². The number of ether oxygens (including phenoxy) is 1. The predicted octanol–water partition coefficient (Wildman–Crippen LogP) is 3.04. The van der Waals surface area contributed by atoms with Gasteiger partial charge in [0.25, 0.3) is 5.91 Å². The summed E-state index contributed by atoms with van der Waals surface area (Å²) in [7, 11) is 0. The van der Waals surface area contributed by atoms with Crippen molar-refractivity contribution in [2.45, 2.75) is 13.0 Å². The Morgan fingerprint density at radius 3 is 2.76 bits per heavy atom. The van der Waals surface area contributed by atoms with E-state index in [2.05, 4.69) is 27.7 Å². The van der Waals surface area contributed by atoms with Crippen LogP contribution in [0, 0.1) is 0 Å². The van der Waals surface area contributed by atoms with Crippen LogP contribution in [0.15, 0.2) is 59.0 Å². The lowest BCUT2D eigenvalue weighted by Crippen LogP contribution is -2.44. The number of amides is 1. The average Bonchev–Trinajstić information content (AvgIpc) is 3.25. The zero-order chi connectivity index (χ0) is 19.9. The average molecular weight is 393 g/mol. The molecule has 0 aliphatic carbocycles. The number of fused-ring (bicyclic) bond motifs is 1. The number of benzene rings is 2. The molecule has 2 heterocycles. The van der Waals surface area contributed by atoms with Crippen LogP contribution >= 0.6 is 0 Å². The third-order valence-electron chi connectivity index (χ3n) is 5.13. The van der Waals surface area contributed by atoms with Gasteiger partial charge in [-0.3, -0.25) is 4.79 Å². The predicted molar refractivity (Wildman–Crippen MR) is 113 cm³/mol. The third-order valence-corrected chi connectivity index (χ3v) is 5.13. The molecule has 1 aliphatic heterocycles. The second-order valence-electron chi connectivity index (χ2n) is 7.26. The topological polar surface area (TPSA) is 66.7 Å². The molecular formula is C23H27N3O3. The molecule has 1 aliphatic rings. The van der Waals surface area contributed by atoms with Crippen molar-refractivity contribution >= 4 is 16.7 Å². The first-order valence-electron chi connectivity index (χ1n) is 10.2. The van der Waals surface area contributed by atoms with Gasteiger partial charge in [-0.15, -0.1) is 0 Å². The van der Waals surface area contributed by atoms with Crippen LogP contribution in [-0.4, -0.2) is 50.1 Å². The molecule has 0 bridgehead atoms. The molecule has 1 saturated heterocycles. The number of piperazine rings is 1. The number of hydrogen-bond donors (Lipinski definition) is 2. The largest absolute Gasteiger partial charge is 0.486 e. The fourth-order valence-corrected chi connectivity index (χ4v) is 3.52. The maximum Gasteiger partial charge on any atom is 0.286 e. The lowest BCUT2D eigenvalue weighted by Gasteiger charge is -2.26. The highest BCUT2D eigenvalue weighted by molar-refractivity contribution is 5.91. The van der Waals surface area contributed by atoms with Crippen molar-refractivity contribution in [2.75, 3.05) is 39.3 Å². The summed E-state index contributed by atoms with van der Waals surface area (Å²) in [5.41, 5.74) is 0. The van der Waals surface area contributed by atoms with Gasteiger partial charge in [-0.25, -0.2) is 0 Å². The Morgan fingerprint density at radius 1 is 1.07 bits per heavy atom. The second kappa shape index (κ2) is 9.58. The molecule has 0 unspecified atom stereocenters. The molecule has 1 aromatic heterocycles. The molecule has 29 heavy (non-hydrogen) atoms. The van der Waals surface area contributed by atoms with Gasteiger partial charge < -0.3 is 24.7 Å². The van der Waals surface area contributed by atoms with E-state index in [1.165, 1.54) is 5.39 Å².